The van der Waals surface area contributed by atoms with Crippen LogP contribution >= 0.6 is 12.2 Å². The van der Waals surface area contributed by atoms with Crippen molar-refractivity contribution in [3.8, 4) is 11.5 Å². The van der Waals surface area contributed by atoms with E-state index in [1.165, 1.54) is 0 Å². The summed E-state index contributed by atoms with van der Waals surface area (Å²) in [5, 5.41) is 7.09. The number of nitrogens with one attached hydrogen (secondary N) is 1. The molecule has 0 saturated carbocycles. The van der Waals surface area contributed by atoms with Crippen molar-refractivity contribution in [2.45, 2.75) is 19.4 Å². The van der Waals surface area contributed by atoms with E-state index in [4.69, 9.17) is 17.0 Å². The highest BCUT2D eigenvalue weighted by molar-refractivity contribution is 7.71. The molecule has 1 atom stereocenters. The average molecular weight is 264 g/mol. The molecule has 0 bridgehead atoms. The Morgan fingerprint density at radius 3 is 3.00 bits per heavy atom. The molecule has 96 valence electrons. The van der Waals surface area contributed by atoms with Gasteiger partial charge in [-0.15, -0.1) is 0 Å². The minimum atomic E-state index is 0.216. The number of aromatic amines is 1. The summed E-state index contributed by atoms with van der Waals surface area (Å²) in [5.41, 5.74) is 0.814. The molecular formula is C12H16N4OS. The molecule has 6 heteroatoms. The van der Waals surface area contributed by atoms with Crippen LogP contribution in [0.2, 0.25) is 0 Å². The maximum Gasteiger partial charge on any atom is 0.195 e. The number of aromatic nitrogens is 4. The molecule has 2 aromatic heterocycles. The van der Waals surface area contributed by atoms with Crippen molar-refractivity contribution < 1.29 is 4.74 Å². The first kappa shape index (κ1) is 12.9. The minimum absolute atomic E-state index is 0.216. The lowest BCUT2D eigenvalue weighted by Crippen LogP contribution is -2.10. The van der Waals surface area contributed by atoms with Crippen LogP contribution < -0.4 is 0 Å². The van der Waals surface area contributed by atoms with Crippen molar-refractivity contribution >= 4 is 12.2 Å². The molecule has 0 amide bonds. The van der Waals surface area contributed by atoms with Gasteiger partial charge in [-0.25, -0.2) is 0 Å². The molecule has 2 rings (SSSR count). The highest BCUT2D eigenvalue weighted by atomic mass is 32.1. The lowest BCUT2D eigenvalue weighted by atomic mass is 10.2. The summed E-state index contributed by atoms with van der Waals surface area (Å²) in [6, 6.07) is 5.95. The third-order valence-corrected chi connectivity index (χ3v) is 3.07. The van der Waals surface area contributed by atoms with Crippen molar-refractivity contribution in [2.24, 2.45) is 0 Å². The van der Waals surface area contributed by atoms with Gasteiger partial charge < -0.3 is 4.74 Å². The lowest BCUT2D eigenvalue weighted by molar-refractivity contribution is 0.181. The van der Waals surface area contributed by atoms with Gasteiger partial charge in [-0.05, 0) is 37.7 Å². The highest BCUT2D eigenvalue weighted by Gasteiger charge is 2.14. The number of nitrogens with zero attached hydrogens (tertiary/aromatic N) is 3. The first-order chi connectivity index (χ1) is 8.74. The normalized spacial score (nSPS) is 12.6. The summed E-state index contributed by atoms with van der Waals surface area (Å²) in [6.07, 6.45) is 2.63. The predicted molar refractivity (Wildman–Crippen MR) is 71.8 cm³/mol. The fourth-order valence-electron chi connectivity index (χ4n) is 1.81. The SMILES string of the molecule is COCCC(C)n1c(-c2ccccn2)n[nH]c1=S. The van der Waals surface area contributed by atoms with Crippen LogP contribution in [0.4, 0.5) is 0 Å². The van der Waals surface area contributed by atoms with Crippen molar-refractivity contribution in [1.82, 2.24) is 19.7 Å². The van der Waals surface area contributed by atoms with E-state index in [1.807, 2.05) is 22.8 Å². The molecule has 5 nitrogen and oxygen atoms in total. The Labute approximate surface area is 111 Å². The second kappa shape index (κ2) is 5.88. The van der Waals surface area contributed by atoms with Crippen LogP contribution in [0.5, 0.6) is 0 Å². The van der Waals surface area contributed by atoms with Gasteiger partial charge >= 0.3 is 0 Å². The summed E-state index contributed by atoms with van der Waals surface area (Å²) >= 11 is 5.28. The Hall–Kier alpha value is -1.53. The van der Waals surface area contributed by atoms with Gasteiger partial charge in [0.25, 0.3) is 0 Å². The van der Waals surface area contributed by atoms with Gasteiger partial charge in [0.1, 0.15) is 5.69 Å². The summed E-state index contributed by atoms with van der Waals surface area (Å²) in [6.45, 7) is 2.78. The zero-order valence-electron chi connectivity index (χ0n) is 10.5. The van der Waals surface area contributed by atoms with E-state index in [0.717, 1.165) is 17.9 Å². The van der Waals surface area contributed by atoms with Crippen molar-refractivity contribution in [2.75, 3.05) is 13.7 Å². The molecule has 1 N–H and O–H groups in total. The molecule has 1 unspecified atom stereocenters. The summed E-state index contributed by atoms with van der Waals surface area (Å²) in [5.74, 6) is 0.768. The number of rotatable bonds is 5. The van der Waals surface area contributed by atoms with Crippen LogP contribution in [0, 0.1) is 4.77 Å². The fourth-order valence-corrected chi connectivity index (χ4v) is 2.12. The van der Waals surface area contributed by atoms with Crippen LogP contribution in [0.25, 0.3) is 11.5 Å². The number of methoxy groups -OCH3 is 1. The topological polar surface area (TPSA) is 55.7 Å². The lowest BCUT2D eigenvalue weighted by Gasteiger charge is -2.14. The number of H-pyrrole nitrogens is 1. The van der Waals surface area contributed by atoms with Gasteiger partial charge in [0.05, 0.1) is 0 Å². The Bertz CT molecular complexity index is 549. The maximum absolute atomic E-state index is 5.28. The van der Waals surface area contributed by atoms with Gasteiger partial charge in [-0.1, -0.05) is 6.07 Å². The molecule has 0 fully saturated rings. The third-order valence-electron chi connectivity index (χ3n) is 2.78. The van der Waals surface area contributed by atoms with E-state index in [1.54, 1.807) is 13.3 Å². The van der Waals surface area contributed by atoms with E-state index < -0.39 is 0 Å². The largest absolute Gasteiger partial charge is 0.385 e. The molecule has 0 spiro atoms. The van der Waals surface area contributed by atoms with E-state index >= 15 is 0 Å². The van der Waals surface area contributed by atoms with Gasteiger partial charge in [-0.2, -0.15) is 5.10 Å². The van der Waals surface area contributed by atoms with E-state index in [0.29, 0.717) is 11.4 Å². The average Bonchev–Trinajstić information content (AvgIpc) is 2.79. The Balaban J connectivity index is 2.36. The van der Waals surface area contributed by atoms with Gasteiger partial charge in [0.2, 0.25) is 0 Å². The molecule has 0 aliphatic carbocycles. The molecule has 0 aliphatic rings. The summed E-state index contributed by atoms with van der Waals surface area (Å²) in [7, 11) is 1.70. The van der Waals surface area contributed by atoms with E-state index in [9.17, 15) is 0 Å². The van der Waals surface area contributed by atoms with Crippen LogP contribution in [0.15, 0.2) is 24.4 Å². The van der Waals surface area contributed by atoms with Crippen LogP contribution in [-0.2, 0) is 4.74 Å². The van der Waals surface area contributed by atoms with Gasteiger partial charge in [0, 0.05) is 26.0 Å². The second-order valence-corrected chi connectivity index (χ2v) is 4.45. The number of hydrogen-bond donors (Lipinski definition) is 1. The third kappa shape index (κ3) is 2.65. The number of pyridine rings is 1. The van der Waals surface area contributed by atoms with Crippen LogP contribution in [-0.4, -0.2) is 33.5 Å². The predicted octanol–water partition coefficient (Wildman–Crippen LogP) is 2.60. The van der Waals surface area contributed by atoms with E-state index in [-0.39, 0.29) is 6.04 Å². The Morgan fingerprint density at radius 1 is 1.50 bits per heavy atom. The van der Waals surface area contributed by atoms with E-state index in [2.05, 4.69) is 22.1 Å². The molecule has 0 radical (unpaired) electrons. The molecule has 0 aromatic carbocycles. The van der Waals surface area contributed by atoms with Gasteiger partial charge in [-0.3, -0.25) is 14.6 Å². The monoisotopic (exact) mass is 264 g/mol. The molecule has 2 heterocycles. The summed E-state index contributed by atoms with van der Waals surface area (Å²) in [4.78, 5) is 4.30. The zero-order valence-corrected chi connectivity index (χ0v) is 11.3. The number of hydrogen-bond acceptors (Lipinski definition) is 4. The zero-order chi connectivity index (χ0) is 13.0. The van der Waals surface area contributed by atoms with Crippen molar-refractivity contribution in [3.63, 3.8) is 0 Å². The Morgan fingerprint density at radius 2 is 2.33 bits per heavy atom. The number of ether oxygens (including phenoxy) is 1. The van der Waals surface area contributed by atoms with Crippen LogP contribution in [0.3, 0.4) is 0 Å². The standard InChI is InChI=1S/C12H16N4OS/c1-9(6-8-17-2)16-11(14-15-12(16)18)10-5-3-4-7-13-10/h3-5,7,9H,6,8H2,1-2H3,(H,15,18). The van der Waals surface area contributed by atoms with Gasteiger partial charge in [0.15, 0.2) is 10.6 Å². The minimum Gasteiger partial charge on any atom is -0.385 e. The molecule has 18 heavy (non-hydrogen) atoms. The second-order valence-electron chi connectivity index (χ2n) is 4.07. The smallest absolute Gasteiger partial charge is 0.195 e. The highest BCUT2D eigenvalue weighted by Crippen LogP contribution is 2.20. The molecule has 2 aromatic rings. The van der Waals surface area contributed by atoms with Crippen molar-refractivity contribution in [3.05, 3.63) is 29.2 Å². The Kier molecular flexibility index (Phi) is 4.22. The first-order valence-corrected chi connectivity index (χ1v) is 6.22. The molecule has 0 aliphatic heterocycles. The maximum atomic E-state index is 5.28. The molecule has 0 saturated heterocycles. The molecular weight excluding hydrogens is 248 g/mol. The van der Waals surface area contributed by atoms with Crippen LogP contribution in [0.1, 0.15) is 19.4 Å². The fraction of sp³-hybridized carbons (Fsp3) is 0.417. The summed E-state index contributed by atoms with van der Waals surface area (Å²) < 4.78 is 7.70. The van der Waals surface area contributed by atoms with Crippen molar-refractivity contribution in [1.29, 1.82) is 0 Å². The first-order valence-electron chi connectivity index (χ1n) is 5.81. The quantitative estimate of drug-likeness (QED) is 0.843.